The van der Waals surface area contributed by atoms with Gasteiger partial charge >= 0.3 is 0 Å². The maximum Gasteiger partial charge on any atom is 0.0506 e. The number of hydrogen-bond acceptors (Lipinski definition) is 3. The molecule has 0 spiro atoms. The van der Waals surface area contributed by atoms with Gasteiger partial charge in [0.15, 0.2) is 0 Å². The van der Waals surface area contributed by atoms with Crippen LogP contribution in [0.3, 0.4) is 0 Å². The number of rotatable bonds is 7. The van der Waals surface area contributed by atoms with E-state index in [0.717, 1.165) is 38.6 Å². The third-order valence-corrected chi connectivity index (χ3v) is 2.36. The lowest BCUT2D eigenvalue weighted by Gasteiger charge is -2.27. The summed E-state index contributed by atoms with van der Waals surface area (Å²) < 4.78 is 0. The van der Waals surface area contributed by atoms with Crippen molar-refractivity contribution >= 4 is 12.6 Å². The van der Waals surface area contributed by atoms with Crippen LogP contribution in [-0.4, -0.2) is 48.4 Å². The van der Waals surface area contributed by atoms with Gasteiger partial charge in [-0.25, -0.2) is 0 Å². The third kappa shape index (κ3) is 5.01. The molecule has 0 aromatic carbocycles. The van der Waals surface area contributed by atoms with Gasteiger partial charge < -0.3 is 0 Å². The Hall–Kier alpha value is 0.270. The molecule has 0 aromatic rings. The van der Waals surface area contributed by atoms with Crippen molar-refractivity contribution in [3.05, 3.63) is 0 Å². The summed E-state index contributed by atoms with van der Waals surface area (Å²) in [5.74, 6) is 0.953. The molecule has 2 nitrogen and oxygen atoms in total. The van der Waals surface area contributed by atoms with Crippen molar-refractivity contribution in [2.75, 3.05) is 38.6 Å². The predicted octanol–water partition coefficient (Wildman–Crippen LogP) is 1.54. The molecule has 0 bridgehead atoms. The molecule has 0 N–H and O–H groups in total. The van der Waals surface area contributed by atoms with Crippen molar-refractivity contribution in [1.82, 2.24) is 9.80 Å². The van der Waals surface area contributed by atoms with Crippen LogP contribution in [-0.2, 0) is 0 Å². The smallest absolute Gasteiger partial charge is 0.0506 e. The van der Waals surface area contributed by atoms with Crippen molar-refractivity contribution in [2.45, 2.75) is 20.8 Å². The minimum Gasteiger partial charge on any atom is -0.291 e. The Morgan fingerprint density at radius 2 is 1.42 bits per heavy atom. The minimum atomic E-state index is 0.953. The van der Waals surface area contributed by atoms with Gasteiger partial charge in [0.25, 0.3) is 0 Å². The minimum absolute atomic E-state index is 0.953. The quantitative estimate of drug-likeness (QED) is 0.480. The predicted molar refractivity (Wildman–Crippen MR) is 58.9 cm³/mol. The topological polar surface area (TPSA) is 6.48 Å². The van der Waals surface area contributed by atoms with E-state index < -0.39 is 0 Å². The Kier molecular flexibility index (Phi) is 8.07. The van der Waals surface area contributed by atoms with Crippen LogP contribution < -0.4 is 0 Å². The average Bonchev–Trinajstić information content (AvgIpc) is 2.12. The summed E-state index contributed by atoms with van der Waals surface area (Å²) in [6, 6.07) is 0. The van der Waals surface area contributed by atoms with Crippen LogP contribution in [0.5, 0.6) is 0 Å². The fourth-order valence-corrected chi connectivity index (χ4v) is 1.46. The summed E-state index contributed by atoms with van der Waals surface area (Å²) in [6.45, 7) is 12.2. The van der Waals surface area contributed by atoms with Crippen LogP contribution >= 0.6 is 12.6 Å². The zero-order valence-corrected chi connectivity index (χ0v) is 9.48. The van der Waals surface area contributed by atoms with E-state index in [0.29, 0.717) is 0 Å². The Bertz CT molecular complexity index is 94.5. The molecule has 0 amide bonds. The second-order valence-corrected chi connectivity index (χ2v) is 3.33. The number of nitrogens with zero attached hydrogens (tertiary/aromatic N) is 2. The first-order chi connectivity index (χ1) is 5.78. The molecular formula is C9H22N2S. The number of hydrogen-bond donors (Lipinski definition) is 1. The highest BCUT2D eigenvalue weighted by Crippen LogP contribution is 1.94. The molecule has 74 valence electrons. The highest BCUT2D eigenvalue weighted by Gasteiger charge is 2.04. The Labute approximate surface area is 82.3 Å². The molecule has 0 aliphatic carbocycles. The second kappa shape index (κ2) is 7.90. The SMILES string of the molecule is CCN(CC)CN(CC)CCS. The molecule has 0 fully saturated rings. The molecule has 12 heavy (non-hydrogen) atoms. The lowest BCUT2D eigenvalue weighted by Crippen LogP contribution is -2.38. The maximum absolute atomic E-state index is 4.23. The largest absolute Gasteiger partial charge is 0.291 e. The zero-order chi connectivity index (χ0) is 9.40. The Balaban J connectivity index is 3.65. The lowest BCUT2D eigenvalue weighted by molar-refractivity contribution is 0.154. The average molecular weight is 190 g/mol. The van der Waals surface area contributed by atoms with E-state index in [1.54, 1.807) is 0 Å². The van der Waals surface area contributed by atoms with Gasteiger partial charge in [-0.2, -0.15) is 12.6 Å². The van der Waals surface area contributed by atoms with E-state index in [2.05, 4.69) is 43.2 Å². The molecule has 0 atom stereocenters. The standard InChI is InChI=1S/C9H22N2S/c1-4-10(5-2)9-11(6-3)7-8-12/h12H,4-9H2,1-3H3. The van der Waals surface area contributed by atoms with Crippen molar-refractivity contribution in [2.24, 2.45) is 0 Å². The van der Waals surface area contributed by atoms with Crippen LogP contribution in [0.15, 0.2) is 0 Å². The summed E-state index contributed by atoms with van der Waals surface area (Å²) in [4.78, 5) is 4.84. The maximum atomic E-state index is 4.23. The molecule has 0 saturated heterocycles. The van der Waals surface area contributed by atoms with Gasteiger partial charge in [-0.3, -0.25) is 9.80 Å². The summed E-state index contributed by atoms with van der Waals surface area (Å²) >= 11 is 4.23. The Morgan fingerprint density at radius 3 is 1.75 bits per heavy atom. The summed E-state index contributed by atoms with van der Waals surface area (Å²) in [5.41, 5.74) is 0. The van der Waals surface area contributed by atoms with Gasteiger partial charge in [-0.05, 0) is 19.6 Å². The fourth-order valence-electron chi connectivity index (χ4n) is 1.18. The molecule has 0 aliphatic rings. The first kappa shape index (κ1) is 12.3. The molecule has 0 unspecified atom stereocenters. The van der Waals surface area contributed by atoms with Crippen LogP contribution in [0.1, 0.15) is 20.8 Å². The van der Waals surface area contributed by atoms with Crippen LogP contribution in [0, 0.1) is 0 Å². The first-order valence-electron chi connectivity index (χ1n) is 4.83. The number of thiol groups is 1. The summed E-state index contributed by atoms with van der Waals surface area (Å²) in [7, 11) is 0. The van der Waals surface area contributed by atoms with Gasteiger partial charge in [0.2, 0.25) is 0 Å². The molecule has 0 saturated carbocycles. The summed E-state index contributed by atoms with van der Waals surface area (Å²) in [5, 5.41) is 0. The molecule has 0 rings (SSSR count). The van der Waals surface area contributed by atoms with E-state index in [4.69, 9.17) is 0 Å². The highest BCUT2D eigenvalue weighted by molar-refractivity contribution is 7.80. The van der Waals surface area contributed by atoms with E-state index in [1.165, 1.54) is 0 Å². The van der Waals surface area contributed by atoms with E-state index in [9.17, 15) is 0 Å². The normalized spacial score (nSPS) is 11.5. The molecule has 0 heterocycles. The van der Waals surface area contributed by atoms with Gasteiger partial charge in [0.1, 0.15) is 0 Å². The van der Waals surface area contributed by atoms with Crippen molar-refractivity contribution in [3.8, 4) is 0 Å². The van der Waals surface area contributed by atoms with Crippen molar-refractivity contribution in [1.29, 1.82) is 0 Å². The Morgan fingerprint density at radius 1 is 0.917 bits per heavy atom. The van der Waals surface area contributed by atoms with Crippen LogP contribution in [0.25, 0.3) is 0 Å². The van der Waals surface area contributed by atoms with E-state index in [-0.39, 0.29) is 0 Å². The zero-order valence-electron chi connectivity index (χ0n) is 8.58. The van der Waals surface area contributed by atoms with Gasteiger partial charge in [0.05, 0.1) is 6.67 Å². The monoisotopic (exact) mass is 190 g/mol. The van der Waals surface area contributed by atoms with Crippen molar-refractivity contribution < 1.29 is 0 Å². The van der Waals surface area contributed by atoms with Gasteiger partial charge in [-0.15, -0.1) is 0 Å². The first-order valence-corrected chi connectivity index (χ1v) is 5.47. The third-order valence-electron chi connectivity index (χ3n) is 2.16. The molecule has 3 heteroatoms. The molecule has 0 aromatic heterocycles. The highest BCUT2D eigenvalue weighted by atomic mass is 32.1. The molecule has 0 aliphatic heterocycles. The van der Waals surface area contributed by atoms with E-state index in [1.807, 2.05) is 0 Å². The molecular weight excluding hydrogens is 168 g/mol. The lowest BCUT2D eigenvalue weighted by atomic mass is 10.5. The van der Waals surface area contributed by atoms with Crippen LogP contribution in [0.4, 0.5) is 0 Å². The van der Waals surface area contributed by atoms with E-state index >= 15 is 0 Å². The second-order valence-electron chi connectivity index (χ2n) is 2.88. The van der Waals surface area contributed by atoms with Crippen LogP contribution in [0.2, 0.25) is 0 Å². The molecule has 0 radical (unpaired) electrons. The summed E-state index contributed by atoms with van der Waals surface area (Å²) in [6.07, 6.45) is 0. The van der Waals surface area contributed by atoms with Gasteiger partial charge in [0, 0.05) is 12.3 Å². The fraction of sp³-hybridized carbons (Fsp3) is 1.00. The van der Waals surface area contributed by atoms with Gasteiger partial charge in [-0.1, -0.05) is 20.8 Å². The van der Waals surface area contributed by atoms with Crippen molar-refractivity contribution in [3.63, 3.8) is 0 Å².